The molecule has 10 heteroatoms. The molecule has 0 radical (unpaired) electrons. The summed E-state index contributed by atoms with van der Waals surface area (Å²) in [5.41, 5.74) is 2.23. The van der Waals surface area contributed by atoms with Crippen LogP contribution in [-0.2, 0) is 16.8 Å². The number of non-ortho nitro benzene ring substituents is 1. The van der Waals surface area contributed by atoms with Crippen LogP contribution in [0.4, 0.5) is 5.69 Å². The highest BCUT2D eigenvalue weighted by Gasteiger charge is 2.15. The SMILES string of the molecule is O=[N+]([O-])c1ccc(-c2c(Cl)ncn2-c2ccc(CS(=O)[O-])nc2)cc1. The van der Waals surface area contributed by atoms with Crippen molar-refractivity contribution in [1.29, 1.82) is 0 Å². The number of imidazole rings is 1. The Morgan fingerprint density at radius 2 is 1.88 bits per heavy atom. The maximum atomic E-state index is 10.8. The van der Waals surface area contributed by atoms with Gasteiger partial charge >= 0.3 is 0 Å². The minimum absolute atomic E-state index is 0.0254. The van der Waals surface area contributed by atoms with E-state index in [2.05, 4.69) is 9.97 Å². The molecule has 0 fully saturated rings. The van der Waals surface area contributed by atoms with Gasteiger partial charge in [0.2, 0.25) is 0 Å². The van der Waals surface area contributed by atoms with Gasteiger partial charge in [-0.2, -0.15) is 0 Å². The summed E-state index contributed by atoms with van der Waals surface area (Å²) in [7, 11) is 0. The first-order valence-corrected chi connectivity index (χ1v) is 8.57. The first-order valence-electron chi connectivity index (χ1n) is 6.94. The number of nitro benzene ring substituents is 1. The van der Waals surface area contributed by atoms with Gasteiger partial charge in [-0.05, 0) is 35.3 Å². The van der Waals surface area contributed by atoms with Crippen LogP contribution in [0.15, 0.2) is 48.9 Å². The third-order valence-electron chi connectivity index (χ3n) is 3.43. The molecular formula is C15H10ClN4O4S-. The molecule has 0 amide bonds. The fraction of sp³-hybridized carbons (Fsp3) is 0.0667. The van der Waals surface area contributed by atoms with E-state index in [9.17, 15) is 18.9 Å². The molecule has 25 heavy (non-hydrogen) atoms. The van der Waals surface area contributed by atoms with Crippen molar-refractivity contribution in [1.82, 2.24) is 14.5 Å². The lowest BCUT2D eigenvalue weighted by molar-refractivity contribution is -0.384. The van der Waals surface area contributed by atoms with Crippen molar-refractivity contribution in [3.63, 3.8) is 0 Å². The molecule has 2 heterocycles. The van der Waals surface area contributed by atoms with Crippen molar-refractivity contribution in [3.8, 4) is 16.9 Å². The van der Waals surface area contributed by atoms with Crippen LogP contribution in [-0.4, -0.2) is 28.2 Å². The van der Waals surface area contributed by atoms with E-state index in [4.69, 9.17) is 11.6 Å². The van der Waals surface area contributed by atoms with Gasteiger partial charge in [-0.1, -0.05) is 11.6 Å². The molecule has 0 aliphatic rings. The van der Waals surface area contributed by atoms with Crippen LogP contribution in [0.3, 0.4) is 0 Å². The molecule has 0 aliphatic carbocycles. The van der Waals surface area contributed by atoms with Gasteiger partial charge < -0.3 is 4.55 Å². The zero-order chi connectivity index (χ0) is 18.0. The molecule has 3 aromatic rings. The summed E-state index contributed by atoms with van der Waals surface area (Å²) < 4.78 is 23.1. The van der Waals surface area contributed by atoms with Crippen LogP contribution in [0.1, 0.15) is 5.69 Å². The molecule has 0 saturated carbocycles. The molecule has 1 unspecified atom stereocenters. The molecule has 0 N–H and O–H groups in total. The Hall–Kier alpha value is -2.62. The second-order valence-electron chi connectivity index (χ2n) is 5.01. The van der Waals surface area contributed by atoms with E-state index < -0.39 is 16.0 Å². The summed E-state index contributed by atoms with van der Waals surface area (Å²) in [5.74, 6) is -0.166. The minimum Gasteiger partial charge on any atom is -0.772 e. The van der Waals surface area contributed by atoms with Gasteiger partial charge in [0.05, 0.1) is 33.9 Å². The van der Waals surface area contributed by atoms with Crippen molar-refractivity contribution < 1.29 is 13.7 Å². The number of aromatic nitrogens is 3. The molecule has 1 atom stereocenters. The first kappa shape index (κ1) is 17.2. The quantitative estimate of drug-likeness (QED) is 0.383. The number of hydrogen-bond acceptors (Lipinski definition) is 6. The Balaban J connectivity index is 1.99. The summed E-state index contributed by atoms with van der Waals surface area (Å²) in [6.45, 7) is 0. The number of nitro groups is 1. The monoisotopic (exact) mass is 377 g/mol. The Morgan fingerprint density at radius 3 is 2.44 bits per heavy atom. The van der Waals surface area contributed by atoms with E-state index in [0.717, 1.165) is 0 Å². The van der Waals surface area contributed by atoms with Crippen molar-refractivity contribution in [2.75, 3.05) is 0 Å². The van der Waals surface area contributed by atoms with Crippen molar-refractivity contribution in [2.24, 2.45) is 0 Å². The number of pyridine rings is 1. The Labute approximate surface area is 149 Å². The van der Waals surface area contributed by atoms with E-state index in [0.29, 0.717) is 22.6 Å². The van der Waals surface area contributed by atoms with Gasteiger partial charge in [0, 0.05) is 17.7 Å². The summed E-state index contributed by atoms with van der Waals surface area (Å²) in [6.07, 6.45) is 3.01. The molecule has 2 aromatic heterocycles. The maximum Gasteiger partial charge on any atom is 0.269 e. The van der Waals surface area contributed by atoms with Gasteiger partial charge in [-0.15, -0.1) is 0 Å². The van der Waals surface area contributed by atoms with E-state index in [1.54, 1.807) is 28.8 Å². The number of nitrogens with zero attached hydrogens (tertiary/aromatic N) is 4. The van der Waals surface area contributed by atoms with E-state index in [-0.39, 0.29) is 16.6 Å². The molecule has 0 saturated heterocycles. The third-order valence-corrected chi connectivity index (χ3v) is 4.24. The van der Waals surface area contributed by atoms with Crippen molar-refractivity contribution in [2.45, 2.75) is 5.75 Å². The molecule has 3 rings (SSSR count). The molecule has 8 nitrogen and oxygen atoms in total. The minimum atomic E-state index is -2.21. The summed E-state index contributed by atoms with van der Waals surface area (Å²) in [6, 6.07) is 9.22. The van der Waals surface area contributed by atoms with Crippen LogP contribution in [0.5, 0.6) is 0 Å². The van der Waals surface area contributed by atoms with Crippen LogP contribution in [0.25, 0.3) is 16.9 Å². The fourth-order valence-corrected chi connectivity index (χ4v) is 2.94. The normalized spacial score (nSPS) is 12.1. The first-order chi connectivity index (χ1) is 12.0. The maximum absolute atomic E-state index is 10.8. The fourth-order valence-electron chi connectivity index (χ4n) is 2.29. The second kappa shape index (κ2) is 7.09. The van der Waals surface area contributed by atoms with Crippen LogP contribution in [0, 0.1) is 10.1 Å². The van der Waals surface area contributed by atoms with Crippen molar-refractivity contribution >= 4 is 28.4 Å². The Bertz CT molecular complexity index is 941. The number of hydrogen-bond donors (Lipinski definition) is 0. The molecule has 0 bridgehead atoms. The average molecular weight is 378 g/mol. The highest BCUT2D eigenvalue weighted by Crippen LogP contribution is 2.30. The van der Waals surface area contributed by atoms with E-state index in [1.165, 1.54) is 24.7 Å². The topological polar surface area (TPSA) is 114 Å². The third kappa shape index (κ3) is 3.73. The smallest absolute Gasteiger partial charge is 0.269 e. The molecular weight excluding hydrogens is 368 g/mol. The Kier molecular flexibility index (Phi) is 4.88. The predicted octanol–water partition coefficient (Wildman–Crippen LogP) is 2.88. The van der Waals surface area contributed by atoms with E-state index in [1.807, 2.05) is 0 Å². The molecule has 1 aromatic carbocycles. The lowest BCUT2D eigenvalue weighted by Gasteiger charge is -2.10. The lowest BCUT2D eigenvalue weighted by atomic mass is 10.1. The van der Waals surface area contributed by atoms with Crippen LogP contribution in [0.2, 0.25) is 5.15 Å². The summed E-state index contributed by atoms with van der Waals surface area (Å²) in [4.78, 5) is 18.5. The second-order valence-corrected chi connectivity index (χ2v) is 6.27. The van der Waals surface area contributed by atoms with Gasteiger partial charge in [-0.3, -0.25) is 23.9 Å². The molecule has 128 valence electrons. The number of halogens is 1. The Morgan fingerprint density at radius 1 is 1.16 bits per heavy atom. The molecule has 0 aliphatic heterocycles. The van der Waals surface area contributed by atoms with Gasteiger partial charge in [0.1, 0.15) is 6.33 Å². The van der Waals surface area contributed by atoms with Crippen LogP contribution >= 0.6 is 11.6 Å². The predicted molar refractivity (Wildman–Crippen MR) is 91.1 cm³/mol. The van der Waals surface area contributed by atoms with Crippen molar-refractivity contribution in [3.05, 3.63) is 69.9 Å². The van der Waals surface area contributed by atoms with Crippen LogP contribution < -0.4 is 0 Å². The van der Waals surface area contributed by atoms with Gasteiger partial charge in [0.15, 0.2) is 5.15 Å². The zero-order valence-electron chi connectivity index (χ0n) is 12.5. The average Bonchev–Trinajstić information content (AvgIpc) is 2.96. The van der Waals surface area contributed by atoms with E-state index >= 15 is 0 Å². The standard InChI is InChI=1S/C15H11ClN4O4S/c16-15-14(10-1-4-12(5-2-10)20(21)22)19(9-18-15)13-6-3-11(17-7-13)8-25(23)24/h1-7,9H,8H2,(H,23,24)/p-1. The number of rotatable bonds is 5. The lowest BCUT2D eigenvalue weighted by Crippen LogP contribution is -2.00. The highest BCUT2D eigenvalue weighted by molar-refractivity contribution is 7.78. The molecule has 0 spiro atoms. The summed E-state index contributed by atoms with van der Waals surface area (Å²) in [5, 5.41) is 11.0. The summed E-state index contributed by atoms with van der Waals surface area (Å²) >= 11 is 3.95. The highest BCUT2D eigenvalue weighted by atomic mass is 35.5. The number of benzene rings is 1. The largest absolute Gasteiger partial charge is 0.772 e. The van der Waals surface area contributed by atoms with Gasteiger partial charge in [0.25, 0.3) is 5.69 Å². The zero-order valence-corrected chi connectivity index (χ0v) is 14.1. The van der Waals surface area contributed by atoms with Gasteiger partial charge in [-0.25, -0.2) is 4.98 Å².